The molecule has 0 aliphatic heterocycles. The molecule has 1 nitrogen and oxygen atoms in total. The SMILES string of the molecule is NC(c1cscc1Br)c1cccc(F)c1Br. The fourth-order valence-corrected chi connectivity index (χ4v) is 3.53. The maximum atomic E-state index is 13.4. The number of nitrogens with two attached hydrogens (primary N) is 1. The van der Waals surface area contributed by atoms with Crippen LogP contribution in [0.25, 0.3) is 0 Å². The molecule has 0 bridgehead atoms. The molecule has 0 saturated carbocycles. The van der Waals surface area contributed by atoms with E-state index in [1.807, 2.05) is 16.8 Å². The second-order valence-electron chi connectivity index (χ2n) is 3.30. The Morgan fingerprint density at radius 1 is 1.19 bits per heavy atom. The molecule has 1 heterocycles. The first kappa shape index (κ1) is 12.2. The fraction of sp³-hybridized carbons (Fsp3) is 0.0909. The third kappa shape index (κ3) is 2.22. The molecule has 2 aromatic rings. The minimum atomic E-state index is -0.328. The molecular weight excluding hydrogens is 357 g/mol. The summed E-state index contributed by atoms with van der Waals surface area (Å²) in [4.78, 5) is 0. The van der Waals surface area contributed by atoms with E-state index in [9.17, 15) is 4.39 Å². The standard InChI is InChI=1S/C11H8Br2FNS/c12-8-5-16-4-7(8)11(15)6-2-1-3-9(14)10(6)13/h1-5,11H,15H2. The van der Waals surface area contributed by atoms with Gasteiger partial charge in [0.25, 0.3) is 0 Å². The van der Waals surface area contributed by atoms with Crippen LogP contribution in [-0.4, -0.2) is 0 Å². The van der Waals surface area contributed by atoms with Gasteiger partial charge in [0.2, 0.25) is 0 Å². The van der Waals surface area contributed by atoms with Crippen molar-refractivity contribution < 1.29 is 4.39 Å². The molecule has 16 heavy (non-hydrogen) atoms. The van der Waals surface area contributed by atoms with E-state index in [-0.39, 0.29) is 11.9 Å². The highest BCUT2D eigenvalue weighted by Crippen LogP contribution is 2.33. The Morgan fingerprint density at radius 2 is 1.94 bits per heavy atom. The second kappa shape index (κ2) is 4.96. The first-order valence-electron chi connectivity index (χ1n) is 4.52. The van der Waals surface area contributed by atoms with Crippen molar-refractivity contribution >= 4 is 43.2 Å². The average Bonchev–Trinajstić information content (AvgIpc) is 2.68. The van der Waals surface area contributed by atoms with Gasteiger partial charge in [-0.1, -0.05) is 12.1 Å². The second-order valence-corrected chi connectivity index (χ2v) is 5.69. The van der Waals surface area contributed by atoms with Gasteiger partial charge in [-0.15, -0.1) is 0 Å². The highest BCUT2D eigenvalue weighted by molar-refractivity contribution is 9.10. The van der Waals surface area contributed by atoms with Crippen molar-refractivity contribution in [2.45, 2.75) is 6.04 Å². The zero-order valence-corrected chi connectivity index (χ0v) is 12.1. The Kier molecular flexibility index (Phi) is 3.79. The summed E-state index contributed by atoms with van der Waals surface area (Å²) < 4.78 is 14.8. The number of thiophene rings is 1. The zero-order chi connectivity index (χ0) is 11.7. The molecule has 0 radical (unpaired) electrons. The van der Waals surface area contributed by atoms with Gasteiger partial charge in [-0.25, -0.2) is 4.39 Å². The maximum absolute atomic E-state index is 13.4. The molecule has 0 saturated heterocycles. The summed E-state index contributed by atoms with van der Waals surface area (Å²) in [5, 5.41) is 3.93. The number of rotatable bonds is 2. The van der Waals surface area contributed by atoms with Crippen LogP contribution in [0.4, 0.5) is 4.39 Å². The van der Waals surface area contributed by atoms with Gasteiger partial charge in [0.05, 0.1) is 10.5 Å². The van der Waals surface area contributed by atoms with Gasteiger partial charge in [-0.3, -0.25) is 0 Å². The van der Waals surface area contributed by atoms with E-state index in [2.05, 4.69) is 31.9 Å². The zero-order valence-electron chi connectivity index (χ0n) is 8.08. The predicted octanol–water partition coefficient (Wildman–Crippen LogP) is 4.46. The largest absolute Gasteiger partial charge is 0.320 e. The average molecular weight is 365 g/mol. The molecule has 1 aromatic heterocycles. The molecule has 2 N–H and O–H groups in total. The molecule has 0 amide bonds. The van der Waals surface area contributed by atoms with Crippen LogP contribution >= 0.6 is 43.2 Å². The first-order chi connectivity index (χ1) is 7.61. The third-order valence-electron chi connectivity index (χ3n) is 2.29. The third-order valence-corrected chi connectivity index (χ3v) is 4.88. The number of halogens is 3. The van der Waals surface area contributed by atoms with Gasteiger partial charge in [-0.2, -0.15) is 11.3 Å². The Hall–Kier alpha value is -0.230. The highest BCUT2D eigenvalue weighted by Gasteiger charge is 2.17. The summed E-state index contributed by atoms with van der Waals surface area (Å²) in [7, 11) is 0. The smallest absolute Gasteiger partial charge is 0.137 e. The van der Waals surface area contributed by atoms with E-state index in [4.69, 9.17) is 5.73 Å². The van der Waals surface area contributed by atoms with E-state index in [1.165, 1.54) is 6.07 Å². The van der Waals surface area contributed by atoms with Crippen LogP contribution in [0.1, 0.15) is 17.2 Å². The van der Waals surface area contributed by atoms with Gasteiger partial charge in [0, 0.05) is 9.85 Å². The number of benzene rings is 1. The van der Waals surface area contributed by atoms with E-state index < -0.39 is 0 Å². The number of hydrogen-bond donors (Lipinski definition) is 1. The van der Waals surface area contributed by atoms with Gasteiger partial charge in [0.1, 0.15) is 5.82 Å². The molecule has 84 valence electrons. The van der Waals surface area contributed by atoms with E-state index in [1.54, 1.807) is 17.4 Å². The first-order valence-corrected chi connectivity index (χ1v) is 7.05. The van der Waals surface area contributed by atoms with E-state index in [0.717, 1.165) is 15.6 Å². The molecule has 0 fully saturated rings. The Bertz CT molecular complexity index is 512. The van der Waals surface area contributed by atoms with Crippen LogP contribution in [0, 0.1) is 5.82 Å². The van der Waals surface area contributed by atoms with Crippen LogP contribution in [0.5, 0.6) is 0 Å². The summed E-state index contributed by atoms with van der Waals surface area (Å²) in [5.74, 6) is -0.292. The molecule has 2 rings (SSSR count). The van der Waals surface area contributed by atoms with Gasteiger partial charge in [0.15, 0.2) is 0 Å². The van der Waals surface area contributed by atoms with Crippen molar-refractivity contribution in [2.24, 2.45) is 5.73 Å². The molecular formula is C11H8Br2FNS. The summed E-state index contributed by atoms with van der Waals surface area (Å²) >= 11 is 8.22. The molecule has 0 aliphatic rings. The number of hydrogen-bond acceptors (Lipinski definition) is 2. The van der Waals surface area contributed by atoms with Crippen molar-refractivity contribution in [3.05, 3.63) is 54.8 Å². The minimum absolute atomic E-state index is 0.292. The van der Waals surface area contributed by atoms with Gasteiger partial charge in [-0.05, 0) is 54.4 Å². The highest BCUT2D eigenvalue weighted by atomic mass is 79.9. The summed E-state index contributed by atoms with van der Waals surface area (Å²) in [5.41, 5.74) is 7.83. The lowest BCUT2D eigenvalue weighted by atomic mass is 10.0. The van der Waals surface area contributed by atoms with Crippen LogP contribution in [0.3, 0.4) is 0 Å². The van der Waals surface area contributed by atoms with E-state index in [0.29, 0.717) is 4.47 Å². The summed E-state index contributed by atoms with van der Waals surface area (Å²) in [6.45, 7) is 0. The normalized spacial score (nSPS) is 12.8. The minimum Gasteiger partial charge on any atom is -0.320 e. The lowest BCUT2D eigenvalue weighted by Crippen LogP contribution is -2.12. The van der Waals surface area contributed by atoms with Crippen molar-refractivity contribution in [1.82, 2.24) is 0 Å². The van der Waals surface area contributed by atoms with E-state index >= 15 is 0 Å². The lowest BCUT2D eigenvalue weighted by Gasteiger charge is -2.13. The topological polar surface area (TPSA) is 26.0 Å². The quantitative estimate of drug-likeness (QED) is 0.836. The van der Waals surface area contributed by atoms with Crippen LogP contribution in [0.15, 0.2) is 37.9 Å². The monoisotopic (exact) mass is 363 g/mol. The van der Waals surface area contributed by atoms with Gasteiger partial charge >= 0.3 is 0 Å². The molecule has 1 aromatic carbocycles. The van der Waals surface area contributed by atoms with Crippen molar-refractivity contribution in [3.63, 3.8) is 0 Å². The molecule has 0 spiro atoms. The molecule has 1 unspecified atom stereocenters. The Morgan fingerprint density at radius 3 is 2.56 bits per heavy atom. The lowest BCUT2D eigenvalue weighted by molar-refractivity contribution is 0.616. The molecule has 1 atom stereocenters. The van der Waals surface area contributed by atoms with Crippen LogP contribution < -0.4 is 5.73 Å². The van der Waals surface area contributed by atoms with Crippen molar-refractivity contribution in [3.8, 4) is 0 Å². The summed E-state index contributed by atoms with van der Waals surface area (Å²) in [6, 6.07) is 4.56. The van der Waals surface area contributed by atoms with Crippen LogP contribution in [0.2, 0.25) is 0 Å². The Labute approximate surface area is 114 Å². The fourth-order valence-electron chi connectivity index (χ4n) is 1.44. The summed E-state index contributed by atoms with van der Waals surface area (Å²) in [6.07, 6.45) is 0. The van der Waals surface area contributed by atoms with Gasteiger partial charge < -0.3 is 5.73 Å². The molecule has 0 aliphatic carbocycles. The Balaban J connectivity index is 2.46. The maximum Gasteiger partial charge on any atom is 0.137 e. The molecule has 5 heteroatoms. The predicted molar refractivity (Wildman–Crippen MR) is 72.1 cm³/mol. The van der Waals surface area contributed by atoms with Crippen LogP contribution in [-0.2, 0) is 0 Å². The van der Waals surface area contributed by atoms with Crippen molar-refractivity contribution in [1.29, 1.82) is 0 Å². The van der Waals surface area contributed by atoms with Crippen molar-refractivity contribution in [2.75, 3.05) is 0 Å².